The predicted molar refractivity (Wildman–Crippen MR) is 128 cm³/mol. The van der Waals surface area contributed by atoms with Gasteiger partial charge in [-0.1, -0.05) is 0 Å². The highest BCUT2D eigenvalue weighted by molar-refractivity contribution is 5.95. The van der Waals surface area contributed by atoms with Crippen LogP contribution >= 0.6 is 0 Å². The number of carboxylic acids is 1. The van der Waals surface area contributed by atoms with E-state index in [1.807, 2.05) is 0 Å². The average molecular weight is 490 g/mol. The standard InChI is InChI=1S/C25H24FN7O3/c1-27-24(34)18-5-4-17-23(30-20-12-3-2-11(13-7-14(12)13)19(20)25(35)36)31-22(32-33(17)18)16-9-29-21-15(16)6-10(26)8-28-21/h4-6,8-9,11-14,19-20H,2-3,7H2,1H3,(H,27,34)(H,28,29)(H,35,36)(H,30,31,32)/t11-,12+,13?,14?,19-,20-/m0/s1. The highest BCUT2D eigenvalue weighted by Gasteiger charge is 2.63. The number of aromatic nitrogens is 5. The first-order valence-electron chi connectivity index (χ1n) is 12.2. The smallest absolute Gasteiger partial charge is 0.308 e. The van der Waals surface area contributed by atoms with E-state index < -0.39 is 17.7 Å². The first kappa shape index (κ1) is 21.3. The Hall–Kier alpha value is -4.02. The number of hydrogen-bond acceptors (Lipinski definition) is 6. The van der Waals surface area contributed by atoms with Crippen LogP contribution in [-0.2, 0) is 4.79 Å². The molecule has 2 unspecified atom stereocenters. The third kappa shape index (κ3) is 2.98. The van der Waals surface area contributed by atoms with Gasteiger partial charge in [0.05, 0.1) is 12.1 Å². The number of nitrogens with one attached hydrogen (secondary N) is 3. The molecule has 184 valence electrons. The lowest BCUT2D eigenvalue weighted by Gasteiger charge is -2.46. The van der Waals surface area contributed by atoms with Gasteiger partial charge in [-0.25, -0.2) is 18.9 Å². The second-order valence-electron chi connectivity index (χ2n) is 10.1. The van der Waals surface area contributed by atoms with E-state index in [2.05, 4.69) is 25.7 Å². The van der Waals surface area contributed by atoms with Crippen LogP contribution in [-0.4, -0.2) is 54.6 Å². The summed E-state index contributed by atoms with van der Waals surface area (Å²) in [6.07, 6.45) is 5.83. The van der Waals surface area contributed by atoms with Crippen LogP contribution in [0.5, 0.6) is 0 Å². The van der Waals surface area contributed by atoms with Crippen LogP contribution in [0.25, 0.3) is 27.9 Å². The van der Waals surface area contributed by atoms with Gasteiger partial charge in [0.25, 0.3) is 5.91 Å². The summed E-state index contributed by atoms with van der Waals surface area (Å²) in [6, 6.07) is 4.51. The van der Waals surface area contributed by atoms with Crippen LogP contribution in [0.4, 0.5) is 10.2 Å². The Morgan fingerprint density at radius 1 is 1.19 bits per heavy atom. The van der Waals surface area contributed by atoms with Crippen molar-refractivity contribution in [2.45, 2.75) is 25.3 Å². The quantitative estimate of drug-likeness (QED) is 0.338. The molecule has 4 heterocycles. The molecule has 4 N–H and O–H groups in total. The molecule has 0 spiro atoms. The van der Waals surface area contributed by atoms with Gasteiger partial charge >= 0.3 is 5.97 Å². The van der Waals surface area contributed by atoms with Crippen LogP contribution in [0.2, 0.25) is 0 Å². The normalized spacial score (nSPS) is 28.3. The highest BCUT2D eigenvalue weighted by Crippen LogP contribution is 2.64. The lowest BCUT2D eigenvalue weighted by atomic mass is 9.61. The third-order valence-corrected chi connectivity index (χ3v) is 8.43. The average Bonchev–Trinajstić information content (AvgIpc) is 3.43. The Morgan fingerprint density at radius 2 is 2.00 bits per heavy atom. The molecular formula is C25H24FN7O3. The number of amides is 1. The van der Waals surface area contributed by atoms with Crippen LogP contribution in [0, 0.1) is 35.4 Å². The van der Waals surface area contributed by atoms with Gasteiger partial charge in [-0.3, -0.25) is 9.59 Å². The number of halogens is 1. The van der Waals surface area contributed by atoms with Crippen molar-refractivity contribution in [3.63, 3.8) is 0 Å². The molecule has 0 aromatic carbocycles. The summed E-state index contributed by atoms with van der Waals surface area (Å²) >= 11 is 0. The molecule has 8 rings (SSSR count). The lowest BCUT2D eigenvalue weighted by molar-refractivity contribution is -0.148. The molecule has 0 aliphatic heterocycles. The number of carboxylic acid groups (broad SMARTS) is 1. The van der Waals surface area contributed by atoms with Crippen molar-refractivity contribution in [1.29, 1.82) is 0 Å². The zero-order valence-electron chi connectivity index (χ0n) is 19.4. The molecule has 10 nitrogen and oxygen atoms in total. The van der Waals surface area contributed by atoms with Gasteiger partial charge in [0.15, 0.2) is 11.6 Å². The summed E-state index contributed by atoms with van der Waals surface area (Å²) in [5.74, 6) is 0.146. The maximum atomic E-state index is 14.0. The molecule has 6 atom stereocenters. The van der Waals surface area contributed by atoms with E-state index in [4.69, 9.17) is 4.98 Å². The summed E-state index contributed by atoms with van der Waals surface area (Å²) < 4.78 is 15.5. The monoisotopic (exact) mass is 489 g/mol. The van der Waals surface area contributed by atoms with Crippen molar-refractivity contribution in [1.82, 2.24) is 29.9 Å². The minimum atomic E-state index is -0.780. The molecule has 1 amide bonds. The van der Waals surface area contributed by atoms with Crippen molar-refractivity contribution in [2.24, 2.45) is 29.6 Å². The number of nitrogens with zero attached hydrogens (tertiary/aromatic N) is 4. The fourth-order valence-electron chi connectivity index (χ4n) is 6.83. The van der Waals surface area contributed by atoms with Crippen LogP contribution in [0.15, 0.2) is 30.6 Å². The number of pyridine rings is 1. The van der Waals surface area contributed by atoms with Crippen molar-refractivity contribution >= 4 is 34.2 Å². The van der Waals surface area contributed by atoms with Gasteiger partial charge in [-0.15, -0.1) is 5.10 Å². The van der Waals surface area contributed by atoms with Crippen LogP contribution in [0.1, 0.15) is 29.8 Å². The molecule has 4 aliphatic carbocycles. The molecule has 11 heteroatoms. The topological polar surface area (TPSA) is 137 Å². The summed E-state index contributed by atoms with van der Waals surface area (Å²) in [6.45, 7) is 0. The summed E-state index contributed by atoms with van der Waals surface area (Å²) in [4.78, 5) is 36.8. The molecule has 4 saturated carbocycles. The Balaban J connectivity index is 1.39. The summed E-state index contributed by atoms with van der Waals surface area (Å²) in [7, 11) is 1.54. The first-order valence-corrected chi connectivity index (χ1v) is 12.2. The lowest BCUT2D eigenvalue weighted by Crippen LogP contribution is -2.52. The van der Waals surface area contributed by atoms with Crippen LogP contribution in [0.3, 0.4) is 0 Å². The molecule has 0 saturated heterocycles. The van der Waals surface area contributed by atoms with Gasteiger partial charge < -0.3 is 20.7 Å². The number of aliphatic carboxylic acids is 1. The SMILES string of the molecule is CNC(=O)c1ccc2c(N[C@@H]3[C@@H](C(=O)O)[C@H]4CC[C@@H]3C3CC34)nc(-c3c[nH]c4ncc(F)cc34)nn12. The van der Waals surface area contributed by atoms with E-state index in [9.17, 15) is 19.1 Å². The van der Waals surface area contributed by atoms with Gasteiger partial charge in [0.2, 0.25) is 0 Å². The summed E-state index contributed by atoms with van der Waals surface area (Å²) in [5.41, 5.74) is 1.89. The van der Waals surface area contributed by atoms with E-state index in [-0.39, 0.29) is 29.6 Å². The van der Waals surface area contributed by atoms with Crippen molar-refractivity contribution < 1.29 is 19.1 Å². The van der Waals surface area contributed by atoms with Gasteiger partial charge in [0.1, 0.15) is 22.7 Å². The van der Waals surface area contributed by atoms with Crippen molar-refractivity contribution in [2.75, 3.05) is 12.4 Å². The Kier molecular flexibility index (Phi) is 4.43. The number of carbonyl (C=O) groups excluding carboxylic acids is 1. The van der Waals surface area contributed by atoms with Gasteiger partial charge in [-0.2, -0.15) is 0 Å². The minimum absolute atomic E-state index is 0.170. The predicted octanol–water partition coefficient (Wildman–Crippen LogP) is 2.93. The molecule has 4 aromatic rings. The number of fused-ring (bicyclic) bond motifs is 4. The fraction of sp³-hybridized carbons (Fsp3) is 0.400. The van der Waals surface area contributed by atoms with Crippen molar-refractivity contribution in [3.8, 4) is 11.4 Å². The number of rotatable bonds is 5. The zero-order chi connectivity index (χ0) is 24.7. The van der Waals surface area contributed by atoms with E-state index >= 15 is 0 Å². The third-order valence-electron chi connectivity index (χ3n) is 8.43. The van der Waals surface area contributed by atoms with Crippen molar-refractivity contribution in [3.05, 3.63) is 42.1 Å². The summed E-state index contributed by atoms with van der Waals surface area (Å²) in [5, 5.41) is 21.4. The zero-order valence-corrected chi connectivity index (χ0v) is 19.4. The molecule has 4 fully saturated rings. The first-order chi connectivity index (χ1) is 17.4. The van der Waals surface area contributed by atoms with Crippen LogP contribution < -0.4 is 10.6 Å². The second-order valence-corrected chi connectivity index (χ2v) is 10.1. The maximum Gasteiger partial charge on any atom is 0.308 e. The molecule has 4 aromatic heterocycles. The number of aromatic amines is 1. The number of carbonyl (C=O) groups is 2. The van der Waals surface area contributed by atoms with E-state index in [0.717, 1.165) is 25.5 Å². The van der Waals surface area contributed by atoms with E-state index in [1.165, 1.54) is 10.6 Å². The molecule has 0 radical (unpaired) electrons. The van der Waals surface area contributed by atoms with Gasteiger partial charge in [0, 0.05) is 30.2 Å². The minimum Gasteiger partial charge on any atom is -0.481 e. The molecule has 4 aliphatic rings. The van der Waals surface area contributed by atoms with E-state index in [0.29, 0.717) is 45.5 Å². The second kappa shape index (κ2) is 7.49. The largest absolute Gasteiger partial charge is 0.481 e. The number of H-pyrrole nitrogens is 1. The molecule has 2 bridgehead atoms. The Bertz CT molecular complexity index is 1560. The Morgan fingerprint density at radius 3 is 2.81 bits per heavy atom. The molecular weight excluding hydrogens is 465 g/mol. The molecule has 36 heavy (non-hydrogen) atoms. The van der Waals surface area contributed by atoms with Gasteiger partial charge in [-0.05, 0) is 61.1 Å². The van der Waals surface area contributed by atoms with E-state index in [1.54, 1.807) is 25.4 Å². The highest BCUT2D eigenvalue weighted by atomic mass is 19.1. The number of hydrogen-bond donors (Lipinski definition) is 4. The maximum absolute atomic E-state index is 14.0. The number of anilines is 1. The fourth-order valence-corrected chi connectivity index (χ4v) is 6.83. The Labute approximate surface area is 204 Å².